The van der Waals surface area contributed by atoms with Gasteiger partial charge in [-0.2, -0.15) is 0 Å². The summed E-state index contributed by atoms with van der Waals surface area (Å²) in [6.07, 6.45) is 8.61. The molecule has 2 nitrogen and oxygen atoms in total. The third kappa shape index (κ3) is 4.97. The molecule has 1 unspecified atom stereocenters. The maximum atomic E-state index is 5.11. The number of rotatable bonds is 5. The van der Waals surface area contributed by atoms with Crippen LogP contribution in [0.25, 0.3) is 0 Å². The molecule has 1 fully saturated rings. The third-order valence-electron chi connectivity index (χ3n) is 3.15. The molecule has 0 radical (unpaired) electrons. The summed E-state index contributed by atoms with van der Waals surface area (Å²) in [5.41, 5.74) is 0. The van der Waals surface area contributed by atoms with Gasteiger partial charge in [0.1, 0.15) is 0 Å². The van der Waals surface area contributed by atoms with Crippen molar-refractivity contribution in [2.24, 2.45) is 5.92 Å². The molecule has 0 aromatic carbocycles. The minimum atomic E-state index is 0.503. The predicted molar refractivity (Wildman–Crippen MR) is 60.5 cm³/mol. The molecule has 0 aliphatic heterocycles. The fourth-order valence-electron chi connectivity index (χ4n) is 2.24. The zero-order chi connectivity index (χ0) is 10.2. The second-order valence-corrected chi connectivity index (χ2v) is 4.62. The smallest absolute Gasteiger partial charge is 0.0613 e. The standard InChI is InChI=1S/C12H25NO/c1-11(10-14-2)13-9-12-7-5-3-4-6-8-12/h11-13H,3-10H2,1-2H3. The van der Waals surface area contributed by atoms with Crippen LogP contribution < -0.4 is 5.32 Å². The average molecular weight is 199 g/mol. The fourth-order valence-corrected chi connectivity index (χ4v) is 2.24. The number of methoxy groups -OCH3 is 1. The Morgan fingerprint density at radius 1 is 1.21 bits per heavy atom. The van der Waals surface area contributed by atoms with Crippen molar-refractivity contribution in [3.05, 3.63) is 0 Å². The van der Waals surface area contributed by atoms with Gasteiger partial charge in [-0.3, -0.25) is 0 Å². The van der Waals surface area contributed by atoms with Gasteiger partial charge in [-0.25, -0.2) is 0 Å². The molecule has 0 aromatic rings. The van der Waals surface area contributed by atoms with Gasteiger partial charge < -0.3 is 10.1 Å². The van der Waals surface area contributed by atoms with Crippen molar-refractivity contribution in [3.8, 4) is 0 Å². The van der Waals surface area contributed by atoms with Crippen molar-refractivity contribution in [1.82, 2.24) is 5.32 Å². The van der Waals surface area contributed by atoms with Crippen molar-refractivity contribution in [1.29, 1.82) is 0 Å². The largest absolute Gasteiger partial charge is 0.383 e. The van der Waals surface area contributed by atoms with Crippen LogP contribution >= 0.6 is 0 Å². The number of nitrogens with one attached hydrogen (secondary N) is 1. The second kappa shape index (κ2) is 7.24. The van der Waals surface area contributed by atoms with Gasteiger partial charge in [-0.15, -0.1) is 0 Å². The van der Waals surface area contributed by atoms with E-state index in [0.717, 1.165) is 12.5 Å². The summed E-state index contributed by atoms with van der Waals surface area (Å²) in [7, 11) is 1.77. The third-order valence-corrected chi connectivity index (χ3v) is 3.15. The quantitative estimate of drug-likeness (QED) is 0.687. The first-order valence-corrected chi connectivity index (χ1v) is 6.05. The lowest BCUT2D eigenvalue weighted by Gasteiger charge is -2.18. The van der Waals surface area contributed by atoms with E-state index in [9.17, 15) is 0 Å². The molecule has 1 aliphatic carbocycles. The molecule has 14 heavy (non-hydrogen) atoms. The molecule has 0 amide bonds. The summed E-state index contributed by atoms with van der Waals surface area (Å²) in [5, 5.41) is 3.56. The lowest BCUT2D eigenvalue weighted by atomic mass is 10.0. The minimum Gasteiger partial charge on any atom is -0.383 e. The molecule has 0 bridgehead atoms. The van der Waals surface area contributed by atoms with Crippen LogP contribution in [0.15, 0.2) is 0 Å². The van der Waals surface area contributed by atoms with Crippen LogP contribution in [0.1, 0.15) is 45.4 Å². The molecule has 1 atom stereocenters. The van der Waals surface area contributed by atoms with Crippen LogP contribution in [0, 0.1) is 5.92 Å². The summed E-state index contributed by atoms with van der Waals surface area (Å²) < 4.78 is 5.11. The van der Waals surface area contributed by atoms with E-state index in [0.29, 0.717) is 6.04 Å². The summed E-state index contributed by atoms with van der Waals surface area (Å²) in [6.45, 7) is 4.21. The van der Waals surface area contributed by atoms with E-state index >= 15 is 0 Å². The first-order chi connectivity index (χ1) is 6.83. The van der Waals surface area contributed by atoms with E-state index in [1.54, 1.807) is 7.11 Å². The highest BCUT2D eigenvalue weighted by atomic mass is 16.5. The lowest BCUT2D eigenvalue weighted by molar-refractivity contribution is 0.169. The summed E-state index contributed by atoms with van der Waals surface area (Å²) in [5.74, 6) is 0.914. The maximum Gasteiger partial charge on any atom is 0.0613 e. The molecular formula is C12H25NO. The SMILES string of the molecule is COCC(C)NCC1CCCCCC1. The van der Waals surface area contributed by atoms with Crippen LogP contribution in [0.5, 0.6) is 0 Å². The van der Waals surface area contributed by atoms with E-state index in [4.69, 9.17) is 4.74 Å². The van der Waals surface area contributed by atoms with E-state index in [2.05, 4.69) is 12.2 Å². The zero-order valence-electron chi connectivity index (χ0n) is 9.72. The molecule has 84 valence electrons. The number of ether oxygens (including phenoxy) is 1. The Morgan fingerprint density at radius 2 is 1.86 bits per heavy atom. The van der Waals surface area contributed by atoms with Gasteiger partial charge in [0.15, 0.2) is 0 Å². The molecule has 1 saturated carbocycles. The van der Waals surface area contributed by atoms with Crippen LogP contribution in [0.2, 0.25) is 0 Å². The van der Waals surface area contributed by atoms with Crippen LogP contribution in [0.3, 0.4) is 0 Å². The zero-order valence-corrected chi connectivity index (χ0v) is 9.72. The Kier molecular flexibility index (Phi) is 6.20. The normalized spacial score (nSPS) is 21.9. The predicted octanol–water partition coefficient (Wildman–Crippen LogP) is 2.58. The van der Waals surface area contributed by atoms with E-state index < -0.39 is 0 Å². The van der Waals surface area contributed by atoms with Gasteiger partial charge in [-0.1, -0.05) is 25.7 Å². The average Bonchev–Trinajstić information content (AvgIpc) is 2.43. The molecule has 0 saturated heterocycles. The van der Waals surface area contributed by atoms with E-state index in [-0.39, 0.29) is 0 Å². The van der Waals surface area contributed by atoms with Gasteiger partial charge in [0.25, 0.3) is 0 Å². The lowest BCUT2D eigenvalue weighted by Crippen LogP contribution is -2.34. The molecule has 0 spiro atoms. The summed E-state index contributed by atoms with van der Waals surface area (Å²) in [4.78, 5) is 0. The Hall–Kier alpha value is -0.0800. The van der Waals surface area contributed by atoms with Gasteiger partial charge >= 0.3 is 0 Å². The van der Waals surface area contributed by atoms with Gasteiger partial charge in [-0.05, 0) is 32.2 Å². The van der Waals surface area contributed by atoms with Gasteiger partial charge in [0.05, 0.1) is 6.61 Å². The van der Waals surface area contributed by atoms with Crippen molar-refractivity contribution >= 4 is 0 Å². The molecule has 1 N–H and O–H groups in total. The van der Waals surface area contributed by atoms with Gasteiger partial charge in [0, 0.05) is 13.2 Å². The molecular weight excluding hydrogens is 174 g/mol. The monoisotopic (exact) mass is 199 g/mol. The fraction of sp³-hybridized carbons (Fsp3) is 1.00. The van der Waals surface area contributed by atoms with Crippen LogP contribution in [0.4, 0.5) is 0 Å². The molecule has 0 heterocycles. The van der Waals surface area contributed by atoms with Crippen molar-refractivity contribution in [3.63, 3.8) is 0 Å². The van der Waals surface area contributed by atoms with Crippen molar-refractivity contribution in [2.45, 2.75) is 51.5 Å². The van der Waals surface area contributed by atoms with E-state index in [1.807, 2.05) is 0 Å². The number of hydrogen-bond donors (Lipinski definition) is 1. The first kappa shape index (κ1) is 12.0. The van der Waals surface area contributed by atoms with Crippen molar-refractivity contribution in [2.75, 3.05) is 20.3 Å². The molecule has 2 heteroatoms. The van der Waals surface area contributed by atoms with E-state index in [1.165, 1.54) is 45.1 Å². The highest BCUT2D eigenvalue weighted by Gasteiger charge is 2.12. The van der Waals surface area contributed by atoms with Crippen LogP contribution in [-0.2, 0) is 4.74 Å². The van der Waals surface area contributed by atoms with Crippen molar-refractivity contribution < 1.29 is 4.74 Å². The Bertz CT molecular complexity index is 130. The molecule has 1 aliphatic rings. The summed E-state index contributed by atoms with van der Waals surface area (Å²) in [6, 6.07) is 0.503. The topological polar surface area (TPSA) is 21.3 Å². The first-order valence-electron chi connectivity index (χ1n) is 6.05. The van der Waals surface area contributed by atoms with Crippen LogP contribution in [-0.4, -0.2) is 26.3 Å². The molecule has 0 aromatic heterocycles. The van der Waals surface area contributed by atoms with Gasteiger partial charge in [0.2, 0.25) is 0 Å². The maximum absolute atomic E-state index is 5.11. The minimum absolute atomic E-state index is 0.503. The number of hydrogen-bond acceptors (Lipinski definition) is 2. The Labute approximate surface area is 88.4 Å². The second-order valence-electron chi connectivity index (χ2n) is 4.62. The Balaban J connectivity index is 2.09. The highest BCUT2D eigenvalue weighted by Crippen LogP contribution is 2.22. The molecule has 1 rings (SSSR count). The Morgan fingerprint density at radius 3 is 2.43 bits per heavy atom. The highest BCUT2D eigenvalue weighted by molar-refractivity contribution is 4.69. The summed E-state index contributed by atoms with van der Waals surface area (Å²) >= 11 is 0.